The molecule has 0 aliphatic heterocycles. The van der Waals surface area contributed by atoms with Gasteiger partial charge in [-0.25, -0.2) is 0 Å². The maximum absolute atomic E-state index is 5.80. The first kappa shape index (κ1) is 10.8. The first-order valence-corrected chi connectivity index (χ1v) is 4.37. The van der Waals surface area contributed by atoms with Gasteiger partial charge in [0.1, 0.15) is 0 Å². The Balaban J connectivity index is 3.73. The quantitative estimate of drug-likeness (QED) is 0.558. The Morgan fingerprint density at radius 3 is 2.09 bits per heavy atom. The van der Waals surface area contributed by atoms with Gasteiger partial charge >= 0.3 is 0 Å². The smallest absolute Gasteiger partial charge is 0.0139 e. The zero-order chi connectivity index (χ0) is 8.85. The van der Waals surface area contributed by atoms with Crippen LogP contribution in [0, 0.1) is 0 Å². The minimum Gasteiger partial charge on any atom is -0.0895 e. The van der Waals surface area contributed by atoms with E-state index in [9.17, 15) is 0 Å². The van der Waals surface area contributed by atoms with Gasteiger partial charge in [0.05, 0.1) is 0 Å². The zero-order valence-electron chi connectivity index (χ0n) is 7.87. The van der Waals surface area contributed by atoms with Gasteiger partial charge in [-0.15, -0.1) is 0 Å². The summed E-state index contributed by atoms with van der Waals surface area (Å²) >= 11 is 5.80. The minimum absolute atomic E-state index is 0.937. The fourth-order valence-electron chi connectivity index (χ4n) is 0.750. The van der Waals surface area contributed by atoms with Crippen LogP contribution >= 0.6 is 11.6 Å². The van der Waals surface area contributed by atoms with Crippen molar-refractivity contribution in [3.63, 3.8) is 0 Å². The topological polar surface area (TPSA) is 0 Å². The molecule has 0 atom stereocenters. The van der Waals surface area contributed by atoms with Crippen molar-refractivity contribution in [2.24, 2.45) is 0 Å². The highest BCUT2D eigenvalue weighted by Gasteiger charge is 1.91. The van der Waals surface area contributed by atoms with Crippen molar-refractivity contribution >= 4 is 11.6 Å². The Bertz CT molecular complexity index is 167. The van der Waals surface area contributed by atoms with Crippen molar-refractivity contribution in [3.05, 3.63) is 22.3 Å². The molecule has 0 aliphatic carbocycles. The molecule has 0 radical (unpaired) electrons. The van der Waals surface area contributed by atoms with Gasteiger partial charge in [0.2, 0.25) is 0 Å². The zero-order valence-corrected chi connectivity index (χ0v) is 8.63. The van der Waals surface area contributed by atoms with Crippen LogP contribution in [0.4, 0.5) is 0 Å². The lowest BCUT2D eigenvalue weighted by molar-refractivity contribution is 0.959. The van der Waals surface area contributed by atoms with E-state index >= 15 is 0 Å². The summed E-state index contributed by atoms with van der Waals surface area (Å²) in [7, 11) is 0. The predicted octanol–water partition coefficient (Wildman–Crippen LogP) is 4.27. The Morgan fingerprint density at radius 1 is 1.18 bits per heavy atom. The van der Waals surface area contributed by atoms with Crippen LogP contribution in [0.1, 0.15) is 40.5 Å². The molecule has 0 aliphatic rings. The number of rotatable bonds is 3. The van der Waals surface area contributed by atoms with E-state index in [-0.39, 0.29) is 0 Å². The third kappa shape index (κ3) is 6.18. The van der Waals surface area contributed by atoms with E-state index in [1.54, 1.807) is 0 Å². The summed E-state index contributed by atoms with van der Waals surface area (Å²) in [5.41, 5.74) is 2.68. The third-order valence-electron chi connectivity index (χ3n) is 1.66. The fourth-order valence-corrected chi connectivity index (χ4v) is 0.844. The van der Waals surface area contributed by atoms with Crippen molar-refractivity contribution in [2.75, 3.05) is 0 Å². The van der Waals surface area contributed by atoms with Crippen LogP contribution in [-0.4, -0.2) is 0 Å². The summed E-state index contributed by atoms with van der Waals surface area (Å²) in [6.45, 7) is 8.26. The lowest BCUT2D eigenvalue weighted by Gasteiger charge is -1.98. The van der Waals surface area contributed by atoms with Crippen LogP contribution in [0.25, 0.3) is 0 Å². The lowest BCUT2D eigenvalue weighted by atomic mass is 10.1. The van der Waals surface area contributed by atoms with E-state index in [2.05, 4.69) is 26.8 Å². The molecule has 64 valence electrons. The van der Waals surface area contributed by atoms with Gasteiger partial charge in [0, 0.05) is 5.03 Å². The first-order valence-electron chi connectivity index (χ1n) is 3.99. The monoisotopic (exact) mass is 172 g/mol. The molecule has 0 aromatic rings. The van der Waals surface area contributed by atoms with Crippen molar-refractivity contribution in [1.29, 1.82) is 0 Å². The van der Waals surface area contributed by atoms with Crippen LogP contribution in [0.3, 0.4) is 0 Å². The van der Waals surface area contributed by atoms with Crippen LogP contribution in [0.15, 0.2) is 22.3 Å². The maximum Gasteiger partial charge on any atom is 0.0139 e. The molecule has 0 spiro atoms. The molecule has 0 heterocycles. The van der Waals surface area contributed by atoms with Crippen LogP contribution in [-0.2, 0) is 0 Å². The number of halogens is 1. The summed E-state index contributed by atoms with van der Waals surface area (Å²) in [6, 6.07) is 0. The van der Waals surface area contributed by atoms with E-state index in [0.29, 0.717) is 0 Å². The molecule has 11 heavy (non-hydrogen) atoms. The standard InChI is InChI=1S/C10H17Cl/c1-8(2)6-5-7-9(3)10(4)11/h6H,5,7H2,1-4H3. The molecule has 0 saturated carbocycles. The SMILES string of the molecule is CC(C)=CCCC(C)=C(C)Cl. The van der Waals surface area contributed by atoms with E-state index in [0.717, 1.165) is 17.9 Å². The van der Waals surface area contributed by atoms with Gasteiger partial charge in [-0.2, -0.15) is 0 Å². The lowest BCUT2D eigenvalue weighted by Crippen LogP contribution is -1.78. The fraction of sp³-hybridized carbons (Fsp3) is 0.600. The molecule has 0 nitrogen and oxygen atoms in total. The molecule has 0 fully saturated rings. The molecule has 0 amide bonds. The van der Waals surface area contributed by atoms with Gasteiger partial charge in [0.15, 0.2) is 0 Å². The number of hydrogen-bond acceptors (Lipinski definition) is 0. The van der Waals surface area contributed by atoms with Gasteiger partial charge in [-0.05, 0) is 40.5 Å². The largest absolute Gasteiger partial charge is 0.0895 e. The maximum atomic E-state index is 5.80. The molecule has 1 heteroatoms. The van der Waals surface area contributed by atoms with Crippen molar-refractivity contribution < 1.29 is 0 Å². The molecule has 0 rings (SSSR count). The van der Waals surface area contributed by atoms with Crippen molar-refractivity contribution in [1.82, 2.24) is 0 Å². The van der Waals surface area contributed by atoms with E-state index in [1.165, 1.54) is 11.1 Å². The highest BCUT2D eigenvalue weighted by atomic mass is 35.5. The summed E-state index contributed by atoms with van der Waals surface area (Å²) in [6.07, 6.45) is 4.43. The number of hydrogen-bond donors (Lipinski definition) is 0. The van der Waals surface area contributed by atoms with Crippen LogP contribution < -0.4 is 0 Å². The first-order chi connectivity index (χ1) is 5.04. The predicted molar refractivity (Wildman–Crippen MR) is 52.9 cm³/mol. The Hall–Kier alpha value is -0.230. The molecule has 0 aromatic carbocycles. The molecule has 0 N–H and O–H groups in total. The van der Waals surface area contributed by atoms with Gasteiger partial charge in [-0.3, -0.25) is 0 Å². The van der Waals surface area contributed by atoms with Gasteiger partial charge < -0.3 is 0 Å². The molecule has 0 bridgehead atoms. The second kappa shape index (κ2) is 5.42. The van der Waals surface area contributed by atoms with Crippen molar-refractivity contribution in [2.45, 2.75) is 40.5 Å². The highest BCUT2D eigenvalue weighted by Crippen LogP contribution is 2.13. The van der Waals surface area contributed by atoms with E-state index in [4.69, 9.17) is 11.6 Å². The molecule has 0 aromatic heterocycles. The Morgan fingerprint density at radius 2 is 1.73 bits per heavy atom. The normalized spacial score (nSPS) is 12.5. The summed E-state index contributed by atoms with van der Waals surface area (Å²) < 4.78 is 0. The van der Waals surface area contributed by atoms with Crippen LogP contribution in [0.2, 0.25) is 0 Å². The second-order valence-corrected chi connectivity index (χ2v) is 3.70. The van der Waals surface area contributed by atoms with Crippen molar-refractivity contribution in [3.8, 4) is 0 Å². The molecule has 0 saturated heterocycles. The second-order valence-electron chi connectivity index (χ2n) is 3.13. The molecule has 0 unspecified atom stereocenters. The summed E-state index contributed by atoms with van der Waals surface area (Å²) in [5.74, 6) is 0. The Labute approximate surface area is 74.9 Å². The third-order valence-corrected chi connectivity index (χ3v) is 1.98. The summed E-state index contributed by atoms with van der Waals surface area (Å²) in [5, 5.41) is 0.937. The average molecular weight is 173 g/mol. The van der Waals surface area contributed by atoms with Crippen LogP contribution in [0.5, 0.6) is 0 Å². The van der Waals surface area contributed by atoms with E-state index in [1.807, 2.05) is 6.92 Å². The molecular formula is C10H17Cl. The highest BCUT2D eigenvalue weighted by molar-refractivity contribution is 6.29. The average Bonchev–Trinajstić information content (AvgIpc) is 1.86. The van der Waals surface area contributed by atoms with Gasteiger partial charge in [-0.1, -0.05) is 28.8 Å². The number of allylic oxidation sites excluding steroid dienone is 4. The summed E-state index contributed by atoms with van der Waals surface area (Å²) in [4.78, 5) is 0. The molecular weight excluding hydrogens is 156 g/mol. The minimum atomic E-state index is 0.937. The van der Waals surface area contributed by atoms with E-state index < -0.39 is 0 Å². The van der Waals surface area contributed by atoms with Gasteiger partial charge in [0.25, 0.3) is 0 Å². The Kier molecular flexibility index (Phi) is 5.31.